The summed E-state index contributed by atoms with van der Waals surface area (Å²) in [4.78, 5) is 63.9. The lowest BCUT2D eigenvalue weighted by atomic mass is 9.92. The van der Waals surface area contributed by atoms with Gasteiger partial charge in [-0.3, -0.25) is 29.0 Å². The summed E-state index contributed by atoms with van der Waals surface area (Å²) in [6.07, 6.45) is 4.95. The Bertz CT molecular complexity index is 1910. The number of hydrogen-bond donors (Lipinski definition) is 2. The minimum Gasteiger partial charge on any atom is -0.394 e. The van der Waals surface area contributed by atoms with Crippen molar-refractivity contribution >= 4 is 56.5 Å². The number of aliphatic hydroxyl groups excluding tert-OH is 2. The first-order valence-corrected chi connectivity index (χ1v) is 18.6. The van der Waals surface area contributed by atoms with Crippen LogP contribution in [0.4, 0.5) is 11.4 Å². The van der Waals surface area contributed by atoms with Crippen LogP contribution in [0.15, 0.2) is 60.7 Å². The highest BCUT2D eigenvalue weighted by molar-refractivity contribution is 6.28. The Kier molecular flexibility index (Phi) is 9.19. The van der Waals surface area contributed by atoms with Crippen molar-refractivity contribution in [2.24, 2.45) is 0 Å². The molecule has 8 rings (SSSR count). The van der Waals surface area contributed by atoms with Crippen LogP contribution in [0, 0.1) is 0 Å². The Labute approximate surface area is 303 Å². The maximum atomic E-state index is 13.7. The average molecular weight is 704 g/mol. The summed E-state index contributed by atoms with van der Waals surface area (Å²) >= 11 is 0. The molecule has 0 saturated carbocycles. The summed E-state index contributed by atoms with van der Waals surface area (Å²) in [6, 6.07) is 18.8. The van der Waals surface area contributed by atoms with Crippen molar-refractivity contribution in [2.45, 2.75) is 50.6 Å². The van der Waals surface area contributed by atoms with Gasteiger partial charge in [-0.2, -0.15) is 0 Å². The molecule has 0 bridgehead atoms. The van der Waals surface area contributed by atoms with Gasteiger partial charge in [0, 0.05) is 81.4 Å². The molecule has 4 aromatic carbocycles. The van der Waals surface area contributed by atoms with Crippen molar-refractivity contribution in [1.29, 1.82) is 0 Å². The SMILES string of the molecule is CN(CCCN1C(=O)c2cccc3c(N4CCC[C@H]4CO)ccc(c23)C1=O)CCCN1C(=O)c2cccc3c(N4CCC[C@H]4CO)ccc(c23)C1=O. The summed E-state index contributed by atoms with van der Waals surface area (Å²) in [5, 5.41) is 22.9. The number of anilines is 2. The summed E-state index contributed by atoms with van der Waals surface area (Å²) in [7, 11) is 1.96. The van der Waals surface area contributed by atoms with Crippen molar-refractivity contribution in [3.8, 4) is 0 Å². The van der Waals surface area contributed by atoms with E-state index in [4.69, 9.17) is 0 Å². The van der Waals surface area contributed by atoms with Gasteiger partial charge in [-0.25, -0.2) is 0 Å². The number of amides is 4. The smallest absolute Gasteiger partial charge is 0.261 e. The molecule has 0 radical (unpaired) electrons. The predicted molar refractivity (Wildman–Crippen MR) is 200 cm³/mol. The normalized spacial score (nSPS) is 20.2. The standard InChI is InChI=1S/C41H45N5O6/c1-42(18-6-22-45-38(49)30-12-2-10-28-34(43-20-4-8-26(43)24-47)16-14-32(36(28)30)40(45)51)19-7-23-46-39(50)31-13-3-11-29-35(44-21-5-9-27(44)25-48)17-15-33(37(29)31)41(46)52/h2-3,10-17,26-27,47-48H,4-9,18-25H2,1H3/t26-,27-/m0/s1. The van der Waals surface area contributed by atoms with Crippen LogP contribution in [0.25, 0.3) is 21.5 Å². The third kappa shape index (κ3) is 5.62. The van der Waals surface area contributed by atoms with Gasteiger partial charge in [0.2, 0.25) is 0 Å². The molecule has 4 aliphatic rings. The molecule has 2 atom stereocenters. The molecule has 4 aliphatic heterocycles. The molecule has 0 aliphatic carbocycles. The van der Waals surface area contributed by atoms with Gasteiger partial charge in [-0.1, -0.05) is 24.3 Å². The number of hydrogen-bond acceptors (Lipinski definition) is 9. The highest BCUT2D eigenvalue weighted by atomic mass is 16.3. The molecule has 0 aromatic heterocycles. The largest absolute Gasteiger partial charge is 0.394 e. The van der Waals surface area contributed by atoms with E-state index in [1.165, 1.54) is 9.80 Å². The van der Waals surface area contributed by atoms with Crippen LogP contribution in [0.2, 0.25) is 0 Å². The van der Waals surface area contributed by atoms with Gasteiger partial charge in [0.25, 0.3) is 23.6 Å². The number of rotatable bonds is 12. The average Bonchev–Trinajstić information content (AvgIpc) is 3.85. The van der Waals surface area contributed by atoms with Gasteiger partial charge in [0.15, 0.2) is 0 Å². The van der Waals surface area contributed by atoms with Crippen LogP contribution in [0.3, 0.4) is 0 Å². The van der Waals surface area contributed by atoms with Crippen molar-refractivity contribution in [2.75, 3.05) is 69.3 Å². The van der Waals surface area contributed by atoms with E-state index in [1.807, 2.05) is 55.6 Å². The van der Waals surface area contributed by atoms with Crippen LogP contribution in [0.5, 0.6) is 0 Å². The van der Waals surface area contributed by atoms with Gasteiger partial charge in [0.05, 0.1) is 25.3 Å². The van der Waals surface area contributed by atoms with E-state index >= 15 is 0 Å². The molecule has 4 aromatic rings. The summed E-state index contributed by atoms with van der Waals surface area (Å²) in [5.74, 6) is -1.16. The Morgan fingerprint density at radius 1 is 0.596 bits per heavy atom. The number of imide groups is 2. The summed E-state index contributed by atoms with van der Waals surface area (Å²) < 4.78 is 0. The number of carbonyl (C=O) groups excluding carboxylic acids is 4. The third-order valence-corrected chi connectivity index (χ3v) is 11.6. The van der Waals surface area contributed by atoms with E-state index in [2.05, 4.69) is 14.7 Å². The number of aliphatic hydroxyl groups is 2. The monoisotopic (exact) mass is 703 g/mol. The third-order valence-electron chi connectivity index (χ3n) is 11.6. The molecule has 4 amide bonds. The minimum atomic E-state index is -0.291. The molecule has 2 N–H and O–H groups in total. The Morgan fingerprint density at radius 2 is 1.00 bits per heavy atom. The minimum absolute atomic E-state index is 0.0305. The Morgan fingerprint density at radius 3 is 1.40 bits per heavy atom. The topological polar surface area (TPSA) is 125 Å². The van der Waals surface area contributed by atoms with E-state index in [1.54, 1.807) is 12.1 Å². The molecular weight excluding hydrogens is 658 g/mol. The van der Waals surface area contributed by atoms with E-state index in [-0.39, 0.29) is 62.0 Å². The van der Waals surface area contributed by atoms with E-state index in [9.17, 15) is 29.4 Å². The molecule has 11 heteroatoms. The van der Waals surface area contributed by atoms with Gasteiger partial charge in [-0.05, 0) is 95.1 Å². The maximum absolute atomic E-state index is 13.7. The molecule has 11 nitrogen and oxygen atoms in total. The number of carbonyl (C=O) groups is 4. The Balaban J connectivity index is 0.888. The van der Waals surface area contributed by atoms with Crippen LogP contribution in [0.1, 0.15) is 80.0 Å². The molecule has 0 spiro atoms. The van der Waals surface area contributed by atoms with Crippen LogP contribution in [-0.2, 0) is 0 Å². The van der Waals surface area contributed by atoms with Crippen LogP contribution >= 0.6 is 0 Å². The van der Waals surface area contributed by atoms with E-state index in [0.717, 1.165) is 60.9 Å². The highest BCUT2D eigenvalue weighted by Crippen LogP contribution is 2.40. The van der Waals surface area contributed by atoms with Gasteiger partial charge in [-0.15, -0.1) is 0 Å². The lowest BCUT2D eigenvalue weighted by molar-refractivity contribution is 0.0596. The van der Waals surface area contributed by atoms with Gasteiger partial charge in [0.1, 0.15) is 0 Å². The molecule has 2 fully saturated rings. The Hall–Kier alpha value is -4.84. The fraction of sp³-hybridized carbons (Fsp3) is 0.415. The predicted octanol–water partition coefficient (Wildman–Crippen LogP) is 4.52. The molecule has 4 heterocycles. The van der Waals surface area contributed by atoms with Crippen molar-refractivity contribution < 1.29 is 29.4 Å². The zero-order chi connectivity index (χ0) is 36.1. The molecule has 52 heavy (non-hydrogen) atoms. The van der Waals surface area contributed by atoms with Crippen LogP contribution in [-0.4, -0.2) is 120 Å². The zero-order valence-electron chi connectivity index (χ0n) is 29.6. The van der Waals surface area contributed by atoms with Crippen molar-refractivity contribution in [3.05, 3.63) is 82.9 Å². The highest BCUT2D eigenvalue weighted by Gasteiger charge is 2.36. The van der Waals surface area contributed by atoms with Crippen molar-refractivity contribution in [3.63, 3.8) is 0 Å². The van der Waals surface area contributed by atoms with Gasteiger partial charge >= 0.3 is 0 Å². The van der Waals surface area contributed by atoms with Gasteiger partial charge < -0.3 is 24.9 Å². The second-order valence-corrected chi connectivity index (χ2v) is 14.6. The second kappa shape index (κ2) is 13.9. The lowest BCUT2D eigenvalue weighted by Gasteiger charge is -2.31. The van der Waals surface area contributed by atoms with E-state index < -0.39 is 0 Å². The molecule has 2 saturated heterocycles. The maximum Gasteiger partial charge on any atom is 0.261 e. The lowest BCUT2D eigenvalue weighted by Crippen LogP contribution is -2.42. The van der Waals surface area contributed by atoms with E-state index in [0.29, 0.717) is 59.0 Å². The van der Waals surface area contributed by atoms with Crippen molar-refractivity contribution in [1.82, 2.24) is 14.7 Å². The fourth-order valence-corrected chi connectivity index (χ4v) is 8.96. The summed E-state index contributed by atoms with van der Waals surface area (Å²) in [6.45, 7) is 3.60. The quantitative estimate of drug-likeness (QED) is 0.205. The number of benzene rings is 4. The first kappa shape index (κ1) is 34.3. The zero-order valence-corrected chi connectivity index (χ0v) is 29.6. The first-order valence-electron chi connectivity index (χ1n) is 18.6. The van der Waals surface area contributed by atoms with Crippen LogP contribution < -0.4 is 9.80 Å². The molecular formula is C41H45N5O6. The fourth-order valence-electron chi connectivity index (χ4n) is 8.96. The molecule has 270 valence electrons. The molecule has 0 unspecified atom stereocenters. The summed E-state index contributed by atoms with van der Waals surface area (Å²) in [5.41, 5.74) is 4.00. The first-order chi connectivity index (χ1) is 25.3. The number of nitrogens with zero attached hydrogens (tertiary/aromatic N) is 5. The second-order valence-electron chi connectivity index (χ2n) is 14.6.